The summed E-state index contributed by atoms with van der Waals surface area (Å²) in [6.45, 7) is 7.13. The summed E-state index contributed by atoms with van der Waals surface area (Å²) in [5.41, 5.74) is 5.49. The fraction of sp³-hybridized carbons (Fsp3) is 0.391. The third kappa shape index (κ3) is 3.85. The van der Waals surface area contributed by atoms with E-state index in [1.807, 2.05) is 39.1 Å². The lowest BCUT2D eigenvalue weighted by molar-refractivity contribution is 0.243. The second-order valence-electron chi connectivity index (χ2n) is 7.57. The van der Waals surface area contributed by atoms with E-state index in [2.05, 4.69) is 40.9 Å². The number of anilines is 1. The standard InChI is InChI=1S/C23H28N4O2/c1-5-25-19-11-10-16-17(19)7-6-8-18(16)22-26-23(29-27-22)15-9-12-21(28-14(2)3)20(13-15)24-4/h6-9,12-14,19,24-25H,5,10-11H2,1-4H3/t19-/m0/s1. The maximum Gasteiger partial charge on any atom is 0.258 e. The number of nitrogens with one attached hydrogen (secondary N) is 2. The molecule has 1 aliphatic rings. The lowest BCUT2D eigenvalue weighted by Gasteiger charge is -2.14. The van der Waals surface area contributed by atoms with Gasteiger partial charge in [0.25, 0.3) is 5.89 Å². The first kappa shape index (κ1) is 19.5. The van der Waals surface area contributed by atoms with Gasteiger partial charge in [0.2, 0.25) is 5.82 Å². The topological polar surface area (TPSA) is 72.2 Å². The number of hydrogen-bond donors (Lipinski definition) is 2. The van der Waals surface area contributed by atoms with Crippen LogP contribution in [0.25, 0.3) is 22.8 Å². The average molecular weight is 393 g/mol. The molecule has 1 aliphatic carbocycles. The molecule has 4 rings (SSSR count). The second-order valence-corrected chi connectivity index (χ2v) is 7.57. The zero-order valence-corrected chi connectivity index (χ0v) is 17.5. The van der Waals surface area contributed by atoms with E-state index in [1.165, 1.54) is 11.1 Å². The van der Waals surface area contributed by atoms with Crippen molar-refractivity contribution in [3.05, 3.63) is 47.5 Å². The Morgan fingerprint density at radius 2 is 2.10 bits per heavy atom. The van der Waals surface area contributed by atoms with Gasteiger partial charge >= 0.3 is 0 Å². The van der Waals surface area contributed by atoms with E-state index >= 15 is 0 Å². The first-order valence-corrected chi connectivity index (χ1v) is 10.3. The SMILES string of the molecule is CCN[C@H]1CCc2c(-c3noc(-c4ccc(OC(C)C)c(NC)c4)n3)cccc21. The van der Waals surface area contributed by atoms with Crippen LogP contribution in [-0.2, 0) is 6.42 Å². The van der Waals surface area contributed by atoms with Crippen LogP contribution in [-0.4, -0.2) is 29.8 Å². The van der Waals surface area contributed by atoms with Crippen LogP contribution in [0.4, 0.5) is 5.69 Å². The maximum absolute atomic E-state index is 5.85. The quantitative estimate of drug-likeness (QED) is 0.600. The Balaban J connectivity index is 1.65. The number of aromatic nitrogens is 2. The molecular weight excluding hydrogens is 364 g/mol. The molecule has 0 saturated heterocycles. The molecule has 0 aliphatic heterocycles. The summed E-state index contributed by atoms with van der Waals surface area (Å²) < 4.78 is 11.5. The third-order valence-corrected chi connectivity index (χ3v) is 5.25. The smallest absolute Gasteiger partial charge is 0.258 e. The van der Waals surface area contributed by atoms with Crippen LogP contribution >= 0.6 is 0 Å². The van der Waals surface area contributed by atoms with Crippen LogP contribution in [0.2, 0.25) is 0 Å². The minimum Gasteiger partial charge on any atom is -0.489 e. The van der Waals surface area contributed by atoms with E-state index in [1.54, 1.807) is 0 Å². The normalized spacial score (nSPS) is 15.6. The fourth-order valence-electron chi connectivity index (χ4n) is 3.99. The van der Waals surface area contributed by atoms with Gasteiger partial charge < -0.3 is 19.9 Å². The van der Waals surface area contributed by atoms with Crippen LogP contribution in [0.3, 0.4) is 0 Å². The summed E-state index contributed by atoms with van der Waals surface area (Å²) in [4.78, 5) is 4.70. The van der Waals surface area contributed by atoms with Gasteiger partial charge in [-0.2, -0.15) is 4.98 Å². The van der Waals surface area contributed by atoms with Crippen LogP contribution in [0.1, 0.15) is 44.4 Å². The van der Waals surface area contributed by atoms with Gasteiger partial charge in [-0.15, -0.1) is 0 Å². The van der Waals surface area contributed by atoms with Crippen molar-refractivity contribution in [2.75, 3.05) is 18.9 Å². The number of hydrogen-bond acceptors (Lipinski definition) is 6. The van der Waals surface area contributed by atoms with Gasteiger partial charge in [-0.1, -0.05) is 30.3 Å². The van der Waals surface area contributed by atoms with E-state index < -0.39 is 0 Å². The Morgan fingerprint density at radius 1 is 1.24 bits per heavy atom. The fourth-order valence-corrected chi connectivity index (χ4v) is 3.99. The van der Waals surface area contributed by atoms with Crippen molar-refractivity contribution in [1.29, 1.82) is 0 Å². The lowest BCUT2D eigenvalue weighted by atomic mass is 10.0. The molecule has 1 aromatic heterocycles. The van der Waals surface area contributed by atoms with Crippen LogP contribution in [0, 0.1) is 0 Å². The first-order valence-electron chi connectivity index (χ1n) is 10.3. The maximum atomic E-state index is 5.85. The highest BCUT2D eigenvalue weighted by Gasteiger charge is 2.26. The summed E-state index contributed by atoms with van der Waals surface area (Å²) >= 11 is 0. The van der Waals surface area contributed by atoms with Crippen LogP contribution in [0.5, 0.6) is 5.75 Å². The van der Waals surface area contributed by atoms with E-state index in [9.17, 15) is 0 Å². The van der Waals surface area contributed by atoms with Crippen molar-refractivity contribution >= 4 is 5.69 Å². The highest BCUT2D eigenvalue weighted by Crippen LogP contribution is 2.37. The highest BCUT2D eigenvalue weighted by molar-refractivity contribution is 5.70. The predicted molar refractivity (Wildman–Crippen MR) is 115 cm³/mol. The molecule has 1 atom stereocenters. The van der Waals surface area contributed by atoms with E-state index in [-0.39, 0.29) is 6.10 Å². The third-order valence-electron chi connectivity index (χ3n) is 5.25. The molecule has 3 aromatic rings. The number of nitrogens with zero attached hydrogens (tertiary/aromatic N) is 2. The zero-order chi connectivity index (χ0) is 20.4. The summed E-state index contributed by atoms with van der Waals surface area (Å²) in [7, 11) is 1.87. The Kier molecular flexibility index (Phi) is 5.53. The summed E-state index contributed by atoms with van der Waals surface area (Å²) in [5.74, 6) is 1.95. The molecule has 29 heavy (non-hydrogen) atoms. The van der Waals surface area contributed by atoms with E-state index in [0.717, 1.165) is 42.0 Å². The summed E-state index contributed by atoms with van der Waals surface area (Å²) in [6.07, 6.45) is 2.24. The molecule has 1 heterocycles. The van der Waals surface area contributed by atoms with Gasteiger partial charge in [0, 0.05) is 24.2 Å². The Bertz CT molecular complexity index is 996. The van der Waals surface area contributed by atoms with Gasteiger partial charge in [-0.3, -0.25) is 0 Å². The number of ether oxygens (including phenoxy) is 1. The summed E-state index contributed by atoms with van der Waals surface area (Å²) in [6, 6.07) is 12.6. The number of benzene rings is 2. The molecule has 0 unspecified atom stereocenters. The monoisotopic (exact) mass is 392 g/mol. The molecule has 0 bridgehead atoms. The van der Waals surface area contributed by atoms with Crippen molar-refractivity contribution < 1.29 is 9.26 Å². The predicted octanol–water partition coefficient (Wildman–Crippen LogP) is 4.83. The average Bonchev–Trinajstić information content (AvgIpc) is 3.36. The second kappa shape index (κ2) is 8.25. The molecule has 152 valence electrons. The summed E-state index contributed by atoms with van der Waals surface area (Å²) in [5, 5.41) is 11.0. The highest BCUT2D eigenvalue weighted by atomic mass is 16.5. The molecule has 2 aromatic carbocycles. The Morgan fingerprint density at radius 3 is 2.86 bits per heavy atom. The van der Waals surface area contributed by atoms with Crippen LogP contribution < -0.4 is 15.4 Å². The van der Waals surface area contributed by atoms with Gasteiger partial charge in [0.05, 0.1) is 11.8 Å². The van der Waals surface area contributed by atoms with Gasteiger partial charge in [-0.25, -0.2) is 0 Å². The lowest BCUT2D eigenvalue weighted by Crippen LogP contribution is -2.18. The van der Waals surface area contributed by atoms with E-state index in [0.29, 0.717) is 17.8 Å². The van der Waals surface area contributed by atoms with Crippen molar-refractivity contribution in [1.82, 2.24) is 15.5 Å². The molecule has 2 N–H and O–H groups in total. The largest absolute Gasteiger partial charge is 0.489 e. The van der Waals surface area contributed by atoms with Gasteiger partial charge in [0.15, 0.2) is 0 Å². The molecule has 0 saturated carbocycles. The molecule has 0 spiro atoms. The van der Waals surface area contributed by atoms with Gasteiger partial charge in [0.1, 0.15) is 5.75 Å². The van der Waals surface area contributed by atoms with Crippen LogP contribution in [0.15, 0.2) is 40.9 Å². The number of fused-ring (bicyclic) bond motifs is 1. The van der Waals surface area contributed by atoms with Gasteiger partial charge in [-0.05, 0) is 62.6 Å². The molecule has 6 nitrogen and oxygen atoms in total. The number of rotatable bonds is 7. The van der Waals surface area contributed by atoms with Crippen molar-refractivity contribution in [3.8, 4) is 28.6 Å². The molecular formula is C23H28N4O2. The van der Waals surface area contributed by atoms with E-state index in [4.69, 9.17) is 14.2 Å². The molecule has 0 amide bonds. The Hall–Kier alpha value is -2.86. The van der Waals surface area contributed by atoms with Crippen molar-refractivity contribution in [2.24, 2.45) is 0 Å². The molecule has 0 fully saturated rings. The minimum atomic E-state index is 0.106. The van der Waals surface area contributed by atoms with Crippen molar-refractivity contribution in [3.63, 3.8) is 0 Å². The minimum absolute atomic E-state index is 0.106. The molecule has 6 heteroatoms. The zero-order valence-electron chi connectivity index (χ0n) is 17.5. The van der Waals surface area contributed by atoms with Crippen molar-refractivity contribution in [2.45, 2.75) is 45.8 Å². The first-order chi connectivity index (χ1) is 14.1. The Labute approximate surface area is 171 Å². The molecule has 0 radical (unpaired) electrons.